The first kappa shape index (κ1) is 33.9. The topological polar surface area (TPSA) is 149 Å². The van der Waals surface area contributed by atoms with Gasteiger partial charge in [0, 0.05) is 55.7 Å². The van der Waals surface area contributed by atoms with E-state index in [1.165, 1.54) is 0 Å². The van der Waals surface area contributed by atoms with Crippen LogP contribution in [0.4, 0.5) is 38.2 Å². The number of ether oxygens (including phenoxy) is 1. The van der Waals surface area contributed by atoms with Crippen molar-refractivity contribution in [2.75, 3.05) is 46.6 Å². The summed E-state index contributed by atoms with van der Waals surface area (Å²) in [6.07, 6.45) is 5.98. The maximum atomic E-state index is 13.4. The minimum absolute atomic E-state index is 0.128. The molecular formula is C37H40N8O5. The molecule has 13 heteroatoms. The van der Waals surface area contributed by atoms with Crippen molar-refractivity contribution in [2.24, 2.45) is 0 Å². The number of carbonyl (C=O) groups excluding carboxylic acids is 4. The minimum atomic E-state index is -0.662. The number of rotatable bonds is 10. The van der Waals surface area contributed by atoms with E-state index in [2.05, 4.69) is 25.9 Å². The molecule has 0 radical (unpaired) electrons. The maximum absolute atomic E-state index is 13.4. The van der Waals surface area contributed by atoms with E-state index >= 15 is 0 Å². The van der Waals surface area contributed by atoms with Gasteiger partial charge in [-0.3, -0.25) is 19.5 Å². The van der Waals surface area contributed by atoms with Gasteiger partial charge in [0.25, 0.3) is 0 Å². The summed E-state index contributed by atoms with van der Waals surface area (Å²) in [6.45, 7) is 7.25. The lowest BCUT2D eigenvalue weighted by Gasteiger charge is -2.20. The van der Waals surface area contributed by atoms with Crippen LogP contribution in [-0.2, 0) is 20.9 Å². The van der Waals surface area contributed by atoms with Gasteiger partial charge in [0.2, 0.25) is 11.8 Å². The predicted octanol–water partition coefficient (Wildman–Crippen LogP) is 5.92. The van der Waals surface area contributed by atoms with Crippen molar-refractivity contribution in [3.63, 3.8) is 0 Å². The number of pyridine rings is 2. The second-order valence-corrected chi connectivity index (χ2v) is 13.1. The summed E-state index contributed by atoms with van der Waals surface area (Å²) in [7, 11) is 0. The minimum Gasteiger partial charge on any atom is -0.444 e. The standard InChI is InChI=1S/C37H40N8O5/c1-37(2,3)50-35(48)40-23-33(46)42-28-11-6-25(7-12-28)24-43-17-18-45(36(43)49)31-19-29(21-38-22-31)41-32-15-10-27(20-39-32)26-8-13-30(14-9-26)44-16-4-5-34(44)47/h6-15,19-22H,4-5,16-18,23-24H2,1-3H3,(H,39,41)(H,40,48)(H,42,46). The predicted molar refractivity (Wildman–Crippen MR) is 191 cm³/mol. The zero-order chi connectivity index (χ0) is 35.3. The van der Waals surface area contributed by atoms with Crippen LogP contribution < -0.4 is 25.8 Å². The van der Waals surface area contributed by atoms with Crippen molar-refractivity contribution in [3.05, 3.63) is 90.9 Å². The number of aromatic nitrogens is 2. The molecule has 0 spiro atoms. The first-order chi connectivity index (χ1) is 24.0. The van der Waals surface area contributed by atoms with E-state index < -0.39 is 11.7 Å². The number of nitrogens with one attached hydrogen (secondary N) is 3. The Hall–Kier alpha value is -5.98. The Morgan fingerprint density at radius 1 is 0.820 bits per heavy atom. The summed E-state index contributed by atoms with van der Waals surface area (Å²) in [5.74, 6) is 0.423. The van der Waals surface area contributed by atoms with Gasteiger partial charge >= 0.3 is 12.1 Å². The molecule has 0 atom stereocenters. The van der Waals surface area contributed by atoms with Gasteiger partial charge in [0.15, 0.2) is 0 Å². The largest absolute Gasteiger partial charge is 0.444 e. The number of benzene rings is 2. The first-order valence-electron chi connectivity index (χ1n) is 16.5. The van der Waals surface area contributed by atoms with E-state index in [1.54, 1.807) is 61.3 Å². The number of hydrogen-bond donors (Lipinski definition) is 3. The molecule has 50 heavy (non-hydrogen) atoms. The Morgan fingerprint density at radius 3 is 2.26 bits per heavy atom. The molecule has 4 heterocycles. The second-order valence-electron chi connectivity index (χ2n) is 13.1. The summed E-state index contributed by atoms with van der Waals surface area (Å²) in [6, 6.07) is 20.8. The third-order valence-corrected chi connectivity index (χ3v) is 8.16. The van der Waals surface area contributed by atoms with Crippen LogP contribution in [0.25, 0.3) is 11.1 Å². The van der Waals surface area contributed by atoms with Crippen LogP contribution in [0.5, 0.6) is 0 Å². The molecule has 4 aromatic rings. The summed E-state index contributed by atoms with van der Waals surface area (Å²) >= 11 is 0. The zero-order valence-corrected chi connectivity index (χ0v) is 28.3. The SMILES string of the molecule is CC(C)(C)OC(=O)NCC(=O)Nc1ccc(CN2CCN(c3cncc(Nc4ccc(-c5ccc(N6CCCC6=O)cc5)cn4)c3)C2=O)cc1. The number of amides is 5. The van der Waals surface area contributed by atoms with E-state index in [1.807, 2.05) is 59.5 Å². The molecule has 2 aliphatic heterocycles. The average Bonchev–Trinajstić information content (AvgIpc) is 3.69. The Balaban J connectivity index is 0.998. The molecule has 258 valence electrons. The number of nitrogens with zero attached hydrogens (tertiary/aromatic N) is 5. The van der Waals surface area contributed by atoms with Crippen molar-refractivity contribution < 1.29 is 23.9 Å². The van der Waals surface area contributed by atoms with Crippen molar-refractivity contribution in [1.82, 2.24) is 20.2 Å². The third-order valence-electron chi connectivity index (χ3n) is 8.16. The van der Waals surface area contributed by atoms with Crippen molar-refractivity contribution in [1.29, 1.82) is 0 Å². The number of hydrogen-bond acceptors (Lipinski definition) is 8. The maximum Gasteiger partial charge on any atom is 0.408 e. The molecule has 0 unspecified atom stereocenters. The average molecular weight is 677 g/mol. The van der Waals surface area contributed by atoms with Crippen LogP contribution in [-0.4, -0.2) is 70.6 Å². The van der Waals surface area contributed by atoms with Gasteiger partial charge in [-0.15, -0.1) is 0 Å². The Bertz CT molecular complexity index is 1860. The van der Waals surface area contributed by atoms with Gasteiger partial charge in [0.05, 0.1) is 23.8 Å². The number of urea groups is 1. The van der Waals surface area contributed by atoms with Crippen LogP contribution >= 0.6 is 0 Å². The number of carbonyl (C=O) groups is 4. The third kappa shape index (κ3) is 8.53. The molecule has 3 N–H and O–H groups in total. The lowest BCUT2D eigenvalue weighted by molar-refractivity contribution is -0.117. The molecule has 13 nitrogen and oxygen atoms in total. The fourth-order valence-corrected chi connectivity index (χ4v) is 5.74. The fraction of sp³-hybridized carbons (Fsp3) is 0.297. The van der Waals surface area contributed by atoms with Crippen LogP contribution in [0.3, 0.4) is 0 Å². The Kier molecular flexibility index (Phi) is 9.93. The fourth-order valence-electron chi connectivity index (χ4n) is 5.74. The molecule has 2 aliphatic rings. The zero-order valence-electron chi connectivity index (χ0n) is 28.3. The highest BCUT2D eigenvalue weighted by molar-refractivity contribution is 5.96. The summed E-state index contributed by atoms with van der Waals surface area (Å²) < 4.78 is 5.14. The Morgan fingerprint density at radius 2 is 1.58 bits per heavy atom. The van der Waals surface area contributed by atoms with Crippen molar-refractivity contribution >= 4 is 52.5 Å². The molecule has 0 bridgehead atoms. The van der Waals surface area contributed by atoms with E-state index in [0.29, 0.717) is 48.9 Å². The molecule has 2 fully saturated rings. The molecular weight excluding hydrogens is 636 g/mol. The lowest BCUT2D eigenvalue weighted by atomic mass is 10.1. The lowest BCUT2D eigenvalue weighted by Crippen LogP contribution is -2.37. The summed E-state index contributed by atoms with van der Waals surface area (Å²) in [5, 5.41) is 8.45. The second kappa shape index (κ2) is 14.6. The molecule has 0 saturated carbocycles. The summed E-state index contributed by atoms with van der Waals surface area (Å²) in [5.41, 5.74) is 5.08. The molecule has 5 amide bonds. The highest BCUT2D eigenvalue weighted by Crippen LogP contribution is 2.28. The van der Waals surface area contributed by atoms with Crippen LogP contribution in [0, 0.1) is 0 Å². The highest BCUT2D eigenvalue weighted by atomic mass is 16.6. The number of alkyl carbamates (subject to hydrolysis) is 1. The normalized spacial score (nSPS) is 14.6. The molecule has 2 aromatic carbocycles. The van der Waals surface area contributed by atoms with E-state index in [4.69, 9.17) is 4.74 Å². The first-order valence-corrected chi connectivity index (χ1v) is 16.5. The molecule has 2 saturated heterocycles. The van der Waals surface area contributed by atoms with Gasteiger partial charge in [-0.05, 0) is 80.8 Å². The van der Waals surface area contributed by atoms with Crippen molar-refractivity contribution in [2.45, 2.75) is 45.8 Å². The van der Waals surface area contributed by atoms with Crippen LogP contribution in [0.2, 0.25) is 0 Å². The van der Waals surface area contributed by atoms with Gasteiger partial charge < -0.3 is 30.5 Å². The van der Waals surface area contributed by atoms with E-state index in [0.717, 1.165) is 35.3 Å². The van der Waals surface area contributed by atoms with Gasteiger partial charge in [-0.1, -0.05) is 24.3 Å². The smallest absolute Gasteiger partial charge is 0.408 e. The van der Waals surface area contributed by atoms with Crippen LogP contribution in [0.1, 0.15) is 39.2 Å². The van der Waals surface area contributed by atoms with Gasteiger partial charge in [0.1, 0.15) is 18.0 Å². The summed E-state index contributed by atoms with van der Waals surface area (Å²) in [4.78, 5) is 63.7. The monoisotopic (exact) mass is 676 g/mol. The Labute approximate surface area is 290 Å². The quantitative estimate of drug-likeness (QED) is 0.188. The van der Waals surface area contributed by atoms with Gasteiger partial charge in [-0.25, -0.2) is 14.6 Å². The number of anilines is 5. The molecule has 2 aromatic heterocycles. The van der Waals surface area contributed by atoms with Gasteiger partial charge in [-0.2, -0.15) is 0 Å². The van der Waals surface area contributed by atoms with E-state index in [-0.39, 0.29) is 24.4 Å². The van der Waals surface area contributed by atoms with Crippen molar-refractivity contribution in [3.8, 4) is 11.1 Å². The van der Waals surface area contributed by atoms with Crippen LogP contribution in [0.15, 0.2) is 85.3 Å². The van der Waals surface area contributed by atoms with E-state index in [9.17, 15) is 19.2 Å². The molecule has 0 aliphatic carbocycles. The highest BCUT2D eigenvalue weighted by Gasteiger charge is 2.30. The molecule has 6 rings (SSSR count).